The largest absolute Gasteiger partial charge is 0.493 e. The number of aromatic nitrogens is 3. The fraction of sp³-hybridized carbons (Fsp3) is 0.538. The van der Waals surface area contributed by atoms with Crippen LogP contribution in [0.15, 0.2) is 64.2 Å². The maximum Gasteiger partial charge on any atom is 0.313 e. The number of nitrogens with zero attached hydrogens (tertiary/aromatic N) is 6. The van der Waals surface area contributed by atoms with E-state index in [1.165, 1.54) is 28.0 Å². The van der Waals surface area contributed by atoms with Gasteiger partial charge in [-0.2, -0.15) is 0 Å². The number of rotatable bonds is 16. The molecule has 0 bridgehead atoms. The Morgan fingerprint density at radius 1 is 1.03 bits per heavy atom. The zero-order valence-electron chi connectivity index (χ0n) is 42.0. The molecule has 6 N–H and O–H groups in total. The summed E-state index contributed by atoms with van der Waals surface area (Å²) in [6.45, 7) is 12.9. The van der Waals surface area contributed by atoms with Crippen molar-refractivity contribution < 1.29 is 38.2 Å². The van der Waals surface area contributed by atoms with Crippen LogP contribution in [0.25, 0.3) is 10.4 Å². The molecule has 1 aliphatic carbocycles. The molecule has 8 rings (SSSR count). The van der Waals surface area contributed by atoms with Gasteiger partial charge in [-0.15, -0.1) is 11.3 Å². The second-order valence-electron chi connectivity index (χ2n) is 21.2. The standard InChI is InChI=1S/C52H66ClFN10O7S2/c1-31-43(72-30-59-31)33-9-10-34(25-58-45(66)37-24-35(65)28-64(37)47(68)44(50(2,3)4)61-49(70)52(54)14-15-52)38(23-33)71-22-13-32-11-18-63(19-12-32)48(69)46(67)60-36-7-6-8-39(42(36)53)73-41-27-56-40(26-57-41)62-20-16-51(5,29-55)17-21-62/h6-10,23,26-27,30,32,35,37,44,65H,11-22,24-25,28-29,55H2,1-5H3,(H,58,66)(H,60,67)(H,61,70)/t35?,37?,44-/m1/s1. The average Bonchev–Trinajstić information content (AvgIpc) is 3.78. The number of β-amino-alcohol motifs (C(OH)–C–C–N with tert-alkyl or cyclic N) is 1. The van der Waals surface area contributed by atoms with E-state index in [-0.39, 0.29) is 43.7 Å². The van der Waals surface area contributed by atoms with Gasteiger partial charge in [-0.25, -0.2) is 19.3 Å². The molecule has 2 aromatic heterocycles. The number of thiazole rings is 1. The lowest BCUT2D eigenvalue weighted by atomic mass is 9.80. The summed E-state index contributed by atoms with van der Waals surface area (Å²) in [5.41, 5.74) is 7.89. The van der Waals surface area contributed by atoms with Crippen molar-refractivity contribution in [3.8, 4) is 16.2 Å². The van der Waals surface area contributed by atoms with Crippen LogP contribution in [0.3, 0.4) is 0 Å². The van der Waals surface area contributed by atoms with Crippen LogP contribution in [-0.4, -0.2) is 129 Å². The van der Waals surface area contributed by atoms with Gasteiger partial charge < -0.3 is 46.2 Å². The van der Waals surface area contributed by atoms with Crippen molar-refractivity contribution in [3.05, 3.63) is 70.6 Å². The van der Waals surface area contributed by atoms with Crippen molar-refractivity contribution >= 4 is 75.7 Å². The van der Waals surface area contributed by atoms with Gasteiger partial charge in [0.1, 0.15) is 28.7 Å². The quantitative estimate of drug-likeness (QED) is 0.0754. The Balaban J connectivity index is 0.832. The summed E-state index contributed by atoms with van der Waals surface area (Å²) in [6, 6.07) is 8.84. The minimum atomic E-state index is -1.99. The lowest BCUT2D eigenvalue weighted by molar-refractivity contribution is -0.145. The van der Waals surface area contributed by atoms with Crippen LogP contribution in [0.2, 0.25) is 5.02 Å². The molecular weight excluding hydrogens is 995 g/mol. The number of benzene rings is 2. The first-order chi connectivity index (χ1) is 34.7. The number of aliphatic hydroxyl groups is 1. The molecule has 21 heteroatoms. The summed E-state index contributed by atoms with van der Waals surface area (Å²) >= 11 is 9.59. The normalized spacial score (nSPS) is 20.0. The van der Waals surface area contributed by atoms with Gasteiger partial charge in [0, 0.05) is 56.1 Å². The molecule has 2 aromatic carbocycles. The Kier molecular flexibility index (Phi) is 16.7. The van der Waals surface area contributed by atoms with Crippen LogP contribution >= 0.6 is 34.7 Å². The highest BCUT2D eigenvalue weighted by atomic mass is 35.5. The maximum atomic E-state index is 14.7. The van der Waals surface area contributed by atoms with Crippen molar-refractivity contribution in [2.75, 3.05) is 56.1 Å². The van der Waals surface area contributed by atoms with Crippen LogP contribution in [0.1, 0.15) is 90.3 Å². The monoisotopic (exact) mass is 1060 g/mol. The fourth-order valence-corrected chi connectivity index (χ4v) is 11.3. The van der Waals surface area contributed by atoms with Crippen molar-refractivity contribution in [1.82, 2.24) is 35.4 Å². The molecule has 3 atom stereocenters. The number of nitrogens with two attached hydrogens (primary N) is 1. The highest BCUT2D eigenvalue weighted by molar-refractivity contribution is 7.99. The first-order valence-corrected chi connectivity index (χ1v) is 27.1. The zero-order chi connectivity index (χ0) is 52.2. The first-order valence-electron chi connectivity index (χ1n) is 25.0. The molecule has 4 aromatic rings. The second kappa shape index (κ2) is 22.6. The number of carbonyl (C=O) groups is 5. The molecular formula is C52H66ClFN10O7S2. The number of nitrogens with one attached hydrogen (secondary N) is 3. The summed E-state index contributed by atoms with van der Waals surface area (Å²) < 4.78 is 21.1. The third-order valence-corrected chi connectivity index (χ3v) is 17.1. The average molecular weight is 1060 g/mol. The van der Waals surface area contributed by atoms with Crippen molar-refractivity contribution in [2.45, 2.75) is 126 Å². The van der Waals surface area contributed by atoms with E-state index in [0.29, 0.717) is 77.4 Å². The minimum absolute atomic E-state index is 0.00136. The molecule has 4 aliphatic rings. The molecule has 3 aliphatic heterocycles. The van der Waals surface area contributed by atoms with Gasteiger partial charge in [0.25, 0.3) is 5.91 Å². The number of aliphatic hydroxyl groups excluding tert-OH is 1. The molecule has 0 spiro atoms. The highest BCUT2D eigenvalue weighted by Gasteiger charge is 2.53. The molecule has 0 radical (unpaired) electrons. The number of hydrogen-bond donors (Lipinski definition) is 5. The molecule has 17 nitrogen and oxygen atoms in total. The highest BCUT2D eigenvalue weighted by Crippen LogP contribution is 2.41. The number of anilines is 2. The number of ether oxygens (including phenoxy) is 1. The number of hydrogen-bond acceptors (Lipinski definition) is 14. The second-order valence-corrected chi connectivity index (χ2v) is 23.5. The molecule has 73 heavy (non-hydrogen) atoms. The van der Waals surface area contributed by atoms with E-state index >= 15 is 0 Å². The Labute approximate surface area is 438 Å². The number of piperidine rings is 2. The van der Waals surface area contributed by atoms with Crippen LogP contribution in [0, 0.1) is 23.7 Å². The fourth-order valence-electron chi connectivity index (χ4n) is 9.46. The van der Waals surface area contributed by atoms with Crippen molar-refractivity contribution in [2.24, 2.45) is 22.5 Å². The Morgan fingerprint density at radius 2 is 1.77 bits per heavy atom. The van der Waals surface area contributed by atoms with E-state index in [1.807, 2.05) is 31.2 Å². The minimum Gasteiger partial charge on any atom is -0.493 e. The van der Waals surface area contributed by atoms with Gasteiger partial charge in [-0.1, -0.05) is 69.3 Å². The van der Waals surface area contributed by atoms with Crippen molar-refractivity contribution in [1.29, 1.82) is 0 Å². The smallest absolute Gasteiger partial charge is 0.313 e. The maximum absolute atomic E-state index is 14.7. The molecule has 2 unspecified atom stereocenters. The van der Waals surface area contributed by atoms with Crippen molar-refractivity contribution in [3.63, 3.8) is 0 Å². The predicted octanol–water partition coefficient (Wildman–Crippen LogP) is 6.54. The number of aryl methyl sites for hydroxylation is 1. The number of likely N-dealkylation sites (tertiary alicyclic amines) is 2. The molecule has 3 saturated heterocycles. The van der Waals surface area contributed by atoms with Gasteiger partial charge >= 0.3 is 11.8 Å². The Bertz CT molecular complexity index is 2670. The summed E-state index contributed by atoms with van der Waals surface area (Å²) in [6.07, 6.45) is 6.68. The van der Waals surface area contributed by atoms with E-state index in [2.05, 4.69) is 42.7 Å². The third kappa shape index (κ3) is 12.9. The lowest BCUT2D eigenvalue weighted by Crippen LogP contribution is -2.59. The number of alkyl halides is 1. The van der Waals surface area contributed by atoms with Gasteiger partial charge in [0.2, 0.25) is 11.8 Å². The van der Waals surface area contributed by atoms with E-state index in [4.69, 9.17) is 22.1 Å². The van der Waals surface area contributed by atoms with E-state index in [9.17, 15) is 33.5 Å². The van der Waals surface area contributed by atoms with Crippen LogP contribution in [0.4, 0.5) is 15.9 Å². The summed E-state index contributed by atoms with van der Waals surface area (Å²) in [7, 11) is 0. The molecule has 5 amide bonds. The van der Waals surface area contributed by atoms with Crippen LogP contribution in [0.5, 0.6) is 5.75 Å². The molecule has 4 fully saturated rings. The Hall–Kier alpha value is -5.41. The van der Waals surface area contributed by atoms with Gasteiger partial charge in [-0.3, -0.25) is 24.0 Å². The SMILES string of the molecule is Cc1ncsc1-c1ccc(CNC(=O)C2CC(O)CN2C(=O)[C@@H](NC(=O)C2(F)CC2)C(C)(C)C)c(OCCC2CCN(C(=O)C(=O)Nc3cccc(Sc4cnc(N5CCC(C)(CN)CC5)cn4)c3Cl)CC2)c1. The lowest BCUT2D eigenvalue weighted by Gasteiger charge is -2.39. The van der Waals surface area contributed by atoms with Gasteiger partial charge in [0.15, 0.2) is 5.67 Å². The summed E-state index contributed by atoms with van der Waals surface area (Å²) in [5, 5.41) is 19.9. The number of halogens is 2. The van der Waals surface area contributed by atoms with Crippen LogP contribution < -0.4 is 31.3 Å². The van der Waals surface area contributed by atoms with Gasteiger partial charge in [-0.05, 0) is 98.9 Å². The summed E-state index contributed by atoms with van der Waals surface area (Å²) in [5.74, 6) is -1.72. The molecule has 5 heterocycles. The zero-order valence-corrected chi connectivity index (χ0v) is 44.4. The first kappa shape index (κ1) is 53.9. The topological polar surface area (TPSA) is 225 Å². The summed E-state index contributed by atoms with van der Waals surface area (Å²) in [4.78, 5) is 87.7. The van der Waals surface area contributed by atoms with Gasteiger partial charge in [0.05, 0.1) is 51.9 Å². The van der Waals surface area contributed by atoms with E-state index in [1.54, 1.807) is 55.7 Å². The van der Waals surface area contributed by atoms with Crippen LogP contribution in [-0.2, 0) is 30.5 Å². The third-order valence-electron chi connectivity index (χ3n) is 14.6. The number of carbonyl (C=O) groups excluding carboxylic acids is 5. The molecule has 392 valence electrons. The van der Waals surface area contributed by atoms with E-state index < -0.39 is 58.8 Å². The Morgan fingerprint density at radius 3 is 2.41 bits per heavy atom. The molecule has 1 saturated carbocycles. The van der Waals surface area contributed by atoms with E-state index in [0.717, 1.165) is 47.9 Å². The number of amides is 5. The predicted molar refractivity (Wildman–Crippen MR) is 279 cm³/mol.